The standard InChI is InChI=1S/C9H12BrN.ClH/c1-7(6-11)8-3-2-4-9(10)5-8;/h2-5,7H,6,11H2,1H3;1H. The molecule has 1 unspecified atom stereocenters. The molecule has 1 aromatic rings. The molecule has 3 heteroatoms. The Morgan fingerprint density at radius 1 is 1.50 bits per heavy atom. The molecule has 0 spiro atoms. The van der Waals surface area contributed by atoms with Crippen molar-refractivity contribution in [1.82, 2.24) is 0 Å². The molecule has 0 aliphatic carbocycles. The van der Waals surface area contributed by atoms with Gasteiger partial charge in [0.05, 0.1) is 0 Å². The molecule has 12 heavy (non-hydrogen) atoms. The van der Waals surface area contributed by atoms with Crippen molar-refractivity contribution in [1.29, 1.82) is 0 Å². The van der Waals surface area contributed by atoms with E-state index in [1.54, 1.807) is 0 Å². The van der Waals surface area contributed by atoms with Crippen molar-refractivity contribution in [3.63, 3.8) is 0 Å². The van der Waals surface area contributed by atoms with E-state index in [2.05, 4.69) is 35.0 Å². The first-order valence-electron chi connectivity index (χ1n) is 3.69. The van der Waals surface area contributed by atoms with Crippen LogP contribution in [0, 0.1) is 0 Å². The number of nitrogens with two attached hydrogens (primary N) is 1. The molecule has 0 saturated carbocycles. The lowest BCUT2D eigenvalue weighted by molar-refractivity contribution is 0.773. The van der Waals surface area contributed by atoms with E-state index >= 15 is 0 Å². The SMILES string of the molecule is CC(CN)c1cccc(Br)c1.Cl. The van der Waals surface area contributed by atoms with Gasteiger partial charge in [-0.2, -0.15) is 0 Å². The summed E-state index contributed by atoms with van der Waals surface area (Å²) in [4.78, 5) is 0. The molecule has 1 aromatic carbocycles. The molecule has 0 fully saturated rings. The summed E-state index contributed by atoms with van der Waals surface area (Å²) < 4.78 is 1.12. The maximum atomic E-state index is 5.54. The molecule has 68 valence electrons. The minimum absolute atomic E-state index is 0. The summed E-state index contributed by atoms with van der Waals surface area (Å²) in [7, 11) is 0. The van der Waals surface area contributed by atoms with Crippen LogP contribution in [0.1, 0.15) is 18.4 Å². The Morgan fingerprint density at radius 2 is 2.17 bits per heavy atom. The van der Waals surface area contributed by atoms with Gasteiger partial charge < -0.3 is 5.73 Å². The fourth-order valence-electron chi connectivity index (χ4n) is 0.949. The van der Waals surface area contributed by atoms with Crippen LogP contribution in [0.4, 0.5) is 0 Å². The van der Waals surface area contributed by atoms with Crippen LogP contribution in [-0.2, 0) is 0 Å². The summed E-state index contributed by atoms with van der Waals surface area (Å²) in [5.41, 5.74) is 6.83. The van der Waals surface area contributed by atoms with E-state index in [0.29, 0.717) is 12.5 Å². The number of benzene rings is 1. The Morgan fingerprint density at radius 3 is 2.67 bits per heavy atom. The average Bonchev–Trinajstić information content (AvgIpc) is 2.03. The van der Waals surface area contributed by atoms with Gasteiger partial charge in [0.25, 0.3) is 0 Å². The summed E-state index contributed by atoms with van der Waals surface area (Å²) >= 11 is 3.42. The van der Waals surface area contributed by atoms with Gasteiger partial charge in [-0.15, -0.1) is 12.4 Å². The normalized spacial score (nSPS) is 11.9. The van der Waals surface area contributed by atoms with Crippen molar-refractivity contribution >= 4 is 28.3 Å². The second-order valence-electron chi connectivity index (χ2n) is 2.69. The van der Waals surface area contributed by atoms with Gasteiger partial charge in [0, 0.05) is 4.47 Å². The van der Waals surface area contributed by atoms with E-state index in [1.807, 2.05) is 12.1 Å². The highest BCUT2D eigenvalue weighted by atomic mass is 79.9. The van der Waals surface area contributed by atoms with Gasteiger partial charge in [0.1, 0.15) is 0 Å². The van der Waals surface area contributed by atoms with Crippen LogP contribution in [-0.4, -0.2) is 6.54 Å². The molecular formula is C9H13BrClN. The molecular weight excluding hydrogens is 237 g/mol. The molecule has 1 nitrogen and oxygen atoms in total. The Balaban J connectivity index is 0.00000121. The average molecular weight is 251 g/mol. The molecule has 0 aliphatic heterocycles. The van der Waals surface area contributed by atoms with Gasteiger partial charge in [-0.05, 0) is 30.2 Å². The van der Waals surface area contributed by atoms with Crippen LogP contribution in [0.5, 0.6) is 0 Å². The van der Waals surface area contributed by atoms with Crippen LogP contribution >= 0.6 is 28.3 Å². The second kappa shape index (κ2) is 5.57. The van der Waals surface area contributed by atoms with Gasteiger partial charge in [0.15, 0.2) is 0 Å². The van der Waals surface area contributed by atoms with Crippen LogP contribution in [0.2, 0.25) is 0 Å². The van der Waals surface area contributed by atoms with Gasteiger partial charge in [0.2, 0.25) is 0 Å². The first-order chi connectivity index (χ1) is 5.24. The highest BCUT2D eigenvalue weighted by Crippen LogP contribution is 2.18. The van der Waals surface area contributed by atoms with Crippen molar-refractivity contribution in [2.45, 2.75) is 12.8 Å². The number of hydrogen-bond donors (Lipinski definition) is 1. The van der Waals surface area contributed by atoms with Crippen LogP contribution in [0.25, 0.3) is 0 Å². The molecule has 0 aromatic heterocycles. The Labute approximate surface area is 87.9 Å². The second-order valence-corrected chi connectivity index (χ2v) is 3.61. The summed E-state index contributed by atoms with van der Waals surface area (Å²) in [5, 5.41) is 0. The first-order valence-corrected chi connectivity index (χ1v) is 4.49. The largest absolute Gasteiger partial charge is 0.330 e. The fourth-order valence-corrected chi connectivity index (χ4v) is 1.37. The molecule has 1 atom stereocenters. The Kier molecular flexibility index (Phi) is 5.55. The molecule has 0 bridgehead atoms. The minimum Gasteiger partial charge on any atom is -0.330 e. The lowest BCUT2D eigenvalue weighted by Gasteiger charge is -2.07. The maximum Gasteiger partial charge on any atom is 0.0178 e. The highest BCUT2D eigenvalue weighted by molar-refractivity contribution is 9.10. The third-order valence-electron chi connectivity index (χ3n) is 1.77. The predicted molar refractivity (Wildman–Crippen MR) is 58.9 cm³/mol. The third kappa shape index (κ3) is 3.13. The maximum absolute atomic E-state index is 5.54. The van der Waals surface area contributed by atoms with E-state index in [0.717, 1.165) is 4.47 Å². The number of rotatable bonds is 2. The van der Waals surface area contributed by atoms with Crippen LogP contribution in [0.3, 0.4) is 0 Å². The summed E-state index contributed by atoms with van der Waals surface area (Å²) in [6.45, 7) is 2.83. The minimum atomic E-state index is 0. The van der Waals surface area contributed by atoms with Crippen molar-refractivity contribution in [2.75, 3.05) is 6.54 Å². The van der Waals surface area contributed by atoms with E-state index in [9.17, 15) is 0 Å². The molecule has 0 aliphatic rings. The van der Waals surface area contributed by atoms with E-state index in [4.69, 9.17) is 5.73 Å². The topological polar surface area (TPSA) is 26.0 Å². The zero-order valence-electron chi connectivity index (χ0n) is 6.96. The molecule has 0 amide bonds. The lowest BCUT2D eigenvalue weighted by Crippen LogP contribution is -2.08. The van der Waals surface area contributed by atoms with Gasteiger partial charge >= 0.3 is 0 Å². The van der Waals surface area contributed by atoms with Crippen LogP contribution < -0.4 is 5.73 Å². The van der Waals surface area contributed by atoms with Crippen molar-refractivity contribution in [3.05, 3.63) is 34.3 Å². The molecule has 1 rings (SSSR count). The Bertz CT molecular complexity index is 240. The van der Waals surface area contributed by atoms with E-state index in [1.165, 1.54) is 5.56 Å². The van der Waals surface area contributed by atoms with E-state index < -0.39 is 0 Å². The van der Waals surface area contributed by atoms with E-state index in [-0.39, 0.29) is 12.4 Å². The van der Waals surface area contributed by atoms with Gasteiger partial charge in [-0.25, -0.2) is 0 Å². The number of hydrogen-bond acceptors (Lipinski definition) is 1. The predicted octanol–water partition coefficient (Wildman–Crippen LogP) is 2.93. The highest BCUT2D eigenvalue weighted by Gasteiger charge is 2.01. The van der Waals surface area contributed by atoms with Gasteiger partial charge in [-0.3, -0.25) is 0 Å². The monoisotopic (exact) mass is 249 g/mol. The van der Waals surface area contributed by atoms with Crippen molar-refractivity contribution < 1.29 is 0 Å². The number of halogens is 2. The smallest absolute Gasteiger partial charge is 0.0178 e. The van der Waals surface area contributed by atoms with Gasteiger partial charge in [-0.1, -0.05) is 35.0 Å². The summed E-state index contributed by atoms with van der Waals surface area (Å²) in [6, 6.07) is 8.26. The quantitative estimate of drug-likeness (QED) is 0.858. The molecule has 2 N–H and O–H groups in total. The molecule has 0 radical (unpaired) electrons. The molecule has 0 heterocycles. The third-order valence-corrected chi connectivity index (χ3v) is 2.26. The zero-order valence-corrected chi connectivity index (χ0v) is 9.36. The zero-order chi connectivity index (χ0) is 8.27. The molecule has 0 saturated heterocycles. The fraction of sp³-hybridized carbons (Fsp3) is 0.333. The van der Waals surface area contributed by atoms with Crippen molar-refractivity contribution in [3.8, 4) is 0 Å². The first kappa shape index (κ1) is 11.9. The Hall–Kier alpha value is -0.0500. The summed E-state index contributed by atoms with van der Waals surface area (Å²) in [5.74, 6) is 0.451. The summed E-state index contributed by atoms with van der Waals surface area (Å²) in [6.07, 6.45) is 0. The lowest BCUT2D eigenvalue weighted by atomic mass is 10.0. The van der Waals surface area contributed by atoms with Crippen molar-refractivity contribution in [2.24, 2.45) is 5.73 Å². The van der Waals surface area contributed by atoms with Crippen LogP contribution in [0.15, 0.2) is 28.7 Å².